The summed E-state index contributed by atoms with van der Waals surface area (Å²) < 4.78 is 39.9. The summed E-state index contributed by atoms with van der Waals surface area (Å²) in [6.45, 7) is 0.881. The van der Waals surface area contributed by atoms with Gasteiger partial charge in [-0.05, 0) is 48.7 Å². The van der Waals surface area contributed by atoms with Gasteiger partial charge in [0.15, 0.2) is 17.5 Å². The number of alkyl halides is 2. The number of nitrogens with zero attached hydrogens (tertiary/aromatic N) is 1. The highest BCUT2D eigenvalue weighted by atomic mass is 19.3. The van der Waals surface area contributed by atoms with Crippen LogP contribution in [0.1, 0.15) is 18.1 Å². The second-order valence-electron chi connectivity index (χ2n) is 6.09. The summed E-state index contributed by atoms with van der Waals surface area (Å²) in [5.41, 5.74) is 1.88. The van der Waals surface area contributed by atoms with E-state index in [2.05, 4.69) is 20.4 Å². The summed E-state index contributed by atoms with van der Waals surface area (Å²) in [5.74, 6) is 1.76. The molecule has 0 aromatic heterocycles. The predicted octanol–water partition coefficient (Wildman–Crippen LogP) is 3.60. The van der Waals surface area contributed by atoms with E-state index >= 15 is 0 Å². The Morgan fingerprint density at radius 2 is 1.83 bits per heavy atom. The van der Waals surface area contributed by atoms with Crippen molar-refractivity contribution in [3.8, 4) is 17.2 Å². The zero-order valence-corrected chi connectivity index (χ0v) is 16.9. The Kier molecular flexibility index (Phi) is 9.01. The van der Waals surface area contributed by atoms with E-state index in [1.165, 1.54) is 7.11 Å². The van der Waals surface area contributed by atoms with Gasteiger partial charge in [0, 0.05) is 13.1 Å². The van der Waals surface area contributed by atoms with Crippen LogP contribution in [0.3, 0.4) is 0 Å². The van der Waals surface area contributed by atoms with Gasteiger partial charge < -0.3 is 24.8 Å². The summed E-state index contributed by atoms with van der Waals surface area (Å²) >= 11 is 0. The molecule has 0 saturated heterocycles. The number of hydrogen-bond acceptors (Lipinski definition) is 4. The average Bonchev–Trinajstić information content (AvgIpc) is 2.72. The number of rotatable bonds is 10. The molecule has 2 N–H and O–H groups in total. The molecule has 0 aliphatic rings. The maximum Gasteiger partial charge on any atom is 0.387 e. The molecule has 2 aromatic carbocycles. The van der Waals surface area contributed by atoms with Gasteiger partial charge in [0.05, 0.1) is 20.8 Å². The number of methoxy groups -OCH3 is 2. The number of hydrogen-bond donors (Lipinski definition) is 2. The summed E-state index contributed by atoms with van der Waals surface area (Å²) in [5, 5.41) is 6.43. The first-order chi connectivity index (χ1) is 14.0. The van der Waals surface area contributed by atoms with Gasteiger partial charge >= 0.3 is 6.61 Å². The van der Waals surface area contributed by atoms with Gasteiger partial charge in [-0.1, -0.05) is 18.2 Å². The van der Waals surface area contributed by atoms with E-state index in [9.17, 15) is 8.78 Å². The third-order valence-electron chi connectivity index (χ3n) is 4.05. The molecular weight excluding hydrogens is 380 g/mol. The molecule has 6 nitrogen and oxygen atoms in total. The molecule has 0 amide bonds. The Bertz CT molecular complexity index is 800. The van der Waals surface area contributed by atoms with Crippen LogP contribution >= 0.6 is 0 Å². The lowest BCUT2D eigenvalue weighted by molar-refractivity contribution is -0.0512. The van der Waals surface area contributed by atoms with Crippen LogP contribution < -0.4 is 24.8 Å². The first kappa shape index (κ1) is 22.3. The van der Waals surface area contributed by atoms with Gasteiger partial charge in [-0.15, -0.1) is 0 Å². The van der Waals surface area contributed by atoms with Crippen molar-refractivity contribution >= 4 is 5.96 Å². The molecule has 0 aliphatic heterocycles. The van der Waals surface area contributed by atoms with Crippen LogP contribution in [0.15, 0.2) is 47.5 Å². The maximum atomic E-state index is 12.6. The molecule has 0 spiro atoms. The minimum absolute atomic E-state index is 0.0265. The lowest BCUT2D eigenvalue weighted by Gasteiger charge is -2.13. The van der Waals surface area contributed by atoms with E-state index < -0.39 is 6.61 Å². The number of ether oxygens (including phenoxy) is 3. The van der Waals surface area contributed by atoms with Gasteiger partial charge in [-0.3, -0.25) is 0 Å². The lowest BCUT2D eigenvalue weighted by atomic mass is 10.1. The molecule has 8 heteroatoms. The van der Waals surface area contributed by atoms with Crippen molar-refractivity contribution in [1.82, 2.24) is 10.6 Å². The standard InChI is InChI=1S/C21H27F2N3O3/c1-4-24-21(26-14-16-6-5-7-17(12-16)27-2)25-11-10-15-8-9-18(28-3)19(13-15)29-20(22)23/h5-9,12-13,20H,4,10-11,14H2,1-3H3,(H2,24,25,26). The summed E-state index contributed by atoms with van der Waals surface area (Å²) in [7, 11) is 3.04. The van der Waals surface area contributed by atoms with Crippen LogP contribution in [0.4, 0.5) is 8.78 Å². The van der Waals surface area contributed by atoms with Crippen LogP contribution in [0.25, 0.3) is 0 Å². The molecule has 0 saturated carbocycles. The Hall–Kier alpha value is -3.03. The fourth-order valence-electron chi connectivity index (χ4n) is 2.67. The molecule has 0 radical (unpaired) electrons. The minimum Gasteiger partial charge on any atom is -0.497 e. The summed E-state index contributed by atoms with van der Waals surface area (Å²) in [6.07, 6.45) is 0.604. The second kappa shape index (κ2) is 11.7. The predicted molar refractivity (Wildman–Crippen MR) is 109 cm³/mol. The van der Waals surface area contributed by atoms with E-state index in [1.54, 1.807) is 19.2 Å². The van der Waals surface area contributed by atoms with Crippen molar-refractivity contribution in [3.05, 3.63) is 53.6 Å². The van der Waals surface area contributed by atoms with Gasteiger partial charge in [0.1, 0.15) is 5.75 Å². The molecule has 2 aromatic rings. The molecular formula is C21H27F2N3O3. The monoisotopic (exact) mass is 407 g/mol. The maximum absolute atomic E-state index is 12.6. The molecule has 0 bridgehead atoms. The van der Waals surface area contributed by atoms with Crippen LogP contribution in [-0.4, -0.2) is 39.9 Å². The van der Waals surface area contributed by atoms with Crippen molar-refractivity contribution in [2.24, 2.45) is 4.99 Å². The molecule has 0 heterocycles. The Morgan fingerprint density at radius 1 is 1.00 bits per heavy atom. The number of halogens is 2. The number of guanidine groups is 1. The average molecular weight is 407 g/mol. The highest BCUT2D eigenvalue weighted by Crippen LogP contribution is 2.29. The van der Waals surface area contributed by atoms with E-state index in [0.29, 0.717) is 25.5 Å². The zero-order chi connectivity index (χ0) is 21.1. The molecule has 0 atom stereocenters. The van der Waals surface area contributed by atoms with Crippen molar-refractivity contribution in [2.75, 3.05) is 27.3 Å². The number of nitrogens with one attached hydrogen (secondary N) is 2. The third kappa shape index (κ3) is 7.48. The van der Waals surface area contributed by atoms with Crippen molar-refractivity contribution in [2.45, 2.75) is 26.5 Å². The van der Waals surface area contributed by atoms with Gasteiger partial charge in [0.2, 0.25) is 0 Å². The topological polar surface area (TPSA) is 64.1 Å². The number of benzene rings is 2. The molecule has 29 heavy (non-hydrogen) atoms. The minimum atomic E-state index is -2.90. The third-order valence-corrected chi connectivity index (χ3v) is 4.05. The van der Waals surface area contributed by atoms with Crippen LogP contribution in [0.5, 0.6) is 17.2 Å². The van der Waals surface area contributed by atoms with Crippen LogP contribution in [0.2, 0.25) is 0 Å². The highest BCUT2D eigenvalue weighted by molar-refractivity contribution is 5.79. The fraction of sp³-hybridized carbons (Fsp3) is 0.381. The fourth-order valence-corrected chi connectivity index (χ4v) is 2.67. The molecule has 0 fully saturated rings. The molecule has 2 rings (SSSR count). The first-order valence-corrected chi connectivity index (χ1v) is 9.32. The van der Waals surface area contributed by atoms with Crippen molar-refractivity contribution < 1.29 is 23.0 Å². The highest BCUT2D eigenvalue weighted by Gasteiger charge is 2.11. The van der Waals surface area contributed by atoms with Crippen molar-refractivity contribution in [3.63, 3.8) is 0 Å². The Balaban J connectivity index is 1.96. The van der Waals surface area contributed by atoms with E-state index in [4.69, 9.17) is 9.47 Å². The largest absolute Gasteiger partial charge is 0.497 e. The van der Waals surface area contributed by atoms with Gasteiger partial charge in [-0.2, -0.15) is 8.78 Å². The molecule has 0 aliphatic carbocycles. The normalized spacial score (nSPS) is 11.3. The Labute approximate surface area is 169 Å². The van der Waals surface area contributed by atoms with E-state index in [1.807, 2.05) is 37.3 Å². The van der Waals surface area contributed by atoms with Gasteiger partial charge in [0.25, 0.3) is 0 Å². The quantitative estimate of drug-likeness (QED) is 0.465. The molecule has 158 valence electrons. The Morgan fingerprint density at radius 3 is 2.52 bits per heavy atom. The zero-order valence-electron chi connectivity index (χ0n) is 16.9. The smallest absolute Gasteiger partial charge is 0.387 e. The first-order valence-electron chi connectivity index (χ1n) is 9.32. The summed E-state index contributed by atoms with van der Waals surface area (Å²) in [6, 6.07) is 12.7. The molecule has 0 unspecified atom stereocenters. The summed E-state index contributed by atoms with van der Waals surface area (Å²) in [4.78, 5) is 4.57. The number of aliphatic imine (C=N–C) groups is 1. The van der Waals surface area contributed by atoms with E-state index in [-0.39, 0.29) is 11.5 Å². The lowest BCUT2D eigenvalue weighted by Crippen LogP contribution is -2.38. The van der Waals surface area contributed by atoms with Crippen LogP contribution in [-0.2, 0) is 13.0 Å². The van der Waals surface area contributed by atoms with Crippen LogP contribution in [0, 0.1) is 0 Å². The SMILES string of the molecule is CCNC(=NCc1cccc(OC)c1)NCCc1ccc(OC)c(OC(F)F)c1. The second-order valence-corrected chi connectivity index (χ2v) is 6.09. The van der Waals surface area contributed by atoms with Gasteiger partial charge in [-0.25, -0.2) is 4.99 Å². The van der Waals surface area contributed by atoms with E-state index in [0.717, 1.165) is 23.4 Å². The van der Waals surface area contributed by atoms with Crippen molar-refractivity contribution in [1.29, 1.82) is 0 Å².